The minimum absolute atomic E-state index is 0.395. The van der Waals surface area contributed by atoms with Gasteiger partial charge in [-0.2, -0.15) is 0 Å². The molecular weight excluding hydrogens is 333 g/mol. The monoisotopic (exact) mass is 338 g/mol. The van der Waals surface area contributed by atoms with Crippen molar-refractivity contribution in [3.63, 3.8) is 0 Å². The predicted molar refractivity (Wildman–Crippen MR) is 80.4 cm³/mol. The second kappa shape index (κ2) is 5.48. The molecule has 0 atom stereocenters. The molecule has 5 heteroatoms. The summed E-state index contributed by atoms with van der Waals surface area (Å²) in [6.07, 6.45) is 0. The summed E-state index contributed by atoms with van der Waals surface area (Å²) in [4.78, 5) is 0. The summed E-state index contributed by atoms with van der Waals surface area (Å²) < 4.78 is -1.27. The molecule has 0 aliphatic heterocycles. The maximum Gasteiger partial charge on any atom is 0.169 e. The fourth-order valence-electron chi connectivity index (χ4n) is 1.56. The Bertz CT molecular complexity index is 577. The van der Waals surface area contributed by atoms with E-state index in [0.29, 0.717) is 26.2 Å². The van der Waals surface area contributed by atoms with Gasteiger partial charge in [-0.3, -0.25) is 0 Å². The number of halogens is 5. The van der Waals surface area contributed by atoms with Gasteiger partial charge in [0.1, 0.15) is 0 Å². The van der Waals surface area contributed by atoms with Crippen LogP contribution in [0, 0.1) is 0 Å². The first-order valence-corrected chi connectivity index (χ1v) is 6.90. The molecule has 0 fully saturated rings. The van der Waals surface area contributed by atoms with Crippen LogP contribution >= 0.6 is 58.0 Å². The average molecular weight is 340 g/mol. The van der Waals surface area contributed by atoms with Gasteiger partial charge in [-0.15, -0.1) is 0 Å². The van der Waals surface area contributed by atoms with Gasteiger partial charge in [0.05, 0.1) is 10.0 Å². The van der Waals surface area contributed by atoms with E-state index in [9.17, 15) is 0 Å². The number of rotatable bonds is 2. The van der Waals surface area contributed by atoms with Crippen molar-refractivity contribution in [1.82, 2.24) is 0 Å². The molecule has 0 heterocycles. The smallest absolute Gasteiger partial charge is 0.0909 e. The topological polar surface area (TPSA) is 0 Å². The quantitative estimate of drug-likeness (QED) is 0.561. The SMILES string of the molecule is Clc1ccc(C(Cl)(Cl)c2ccccc2Cl)cc1Cl. The maximum absolute atomic E-state index is 6.40. The molecule has 0 unspecified atom stereocenters. The second-order valence-corrected chi connectivity index (χ2v) is 6.23. The Kier molecular flexibility index (Phi) is 4.36. The molecule has 0 N–H and O–H groups in total. The number of benzene rings is 2. The summed E-state index contributed by atoms with van der Waals surface area (Å²) in [5.74, 6) is 0. The highest BCUT2D eigenvalue weighted by molar-refractivity contribution is 6.51. The molecule has 0 amide bonds. The number of hydrogen-bond acceptors (Lipinski definition) is 0. The van der Waals surface area contributed by atoms with Gasteiger partial charge in [0, 0.05) is 10.6 Å². The highest BCUT2D eigenvalue weighted by Gasteiger charge is 2.31. The van der Waals surface area contributed by atoms with Crippen molar-refractivity contribution in [3.05, 3.63) is 68.7 Å². The van der Waals surface area contributed by atoms with Crippen molar-refractivity contribution < 1.29 is 0 Å². The van der Waals surface area contributed by atoms with Crippen molar-refractivity contribution in [2.45, 2.75) is 4.33 Å². The van der Waals surface area contributed by atoms with Gasteiger partial charge in [0.25, 0.3) is 0 Å². The van der Waals surface area contributed by atoms with Crippen molar-refractivity contribution in [1.29, 1.82) is 0 Å². The Morgan fingerprint density at radius 1 is 0.722 bits per heavy atom. The van der Waals surface area contributed by atoms with E-state index < -0.39 is 4.33 Å². The van der Waals surface area contributed by atoms with Crippen molar-refractivity contribution in [2.75, 3.05) is 0 Å². The standard InChI is InChI=1S/C13H7Cl5/c14-10-4-2-1-3-9(10)13(17,18)8-5-6-11(15)12(16)7-8/h1-7H. The first-order chi connectivity index (χ1) is 8.43. The third-order valence-electron chi connectivity index (χ3n) is 2.49. The van der Waals surface area contributed by atoms with Crippen LogP contribution in [0.1, 0.15) is 11.1 Å². The molecule has 0 aromatic heterocycles. The summed E-state index contributed by atoms with van der Waals surface area (Å²) >= 11 is 30.7. The Morgan fingerprint density at radius 3 is 2.00 bits per heavy atom. The number of hydrogen-bond donors (Lipinski definition) is 0. The van der Waals surface area contributed by atoms with Crippen LogP contribution in [0.15, 0.2) is 42.5 Å². The Balaban J connectivity index is 2.54. The highest BCUT2D eigenvalue weighted by atomic mass is 35.5. The number of alkyl halides is 2. The zero-order chi connectivity index (χ0) is 13.3. The molecule has 18 heavy (non-hydrogen) atoms. The summed E-state index contributed by atoms with van der Waals surface area (Å²) in [6, 6.07) is 12.1. The van der Waals surface area contributed by atoms with E-state index in [1.54, 1.807) is 30.3 Å². The second-order valence-electron chi connectivity index (χ2n) is 3.68. The summed E-state index contributed by atoms with van der Waals surface area (Å²) in [5.41, 5.74) is 1.22. The van der Waals surface area contributed by atoms with E-state index in [-0.39, 0.29) is 0 Å². The molecule has 2 rings (SSSR count). The third kappa shape index (κ3) is 2.74. The van der Waals surface area contributed by atoms with Crippen molar-refractivity contribution >= 4 is 58.0 Å². The first-order valence-electron chi connectivity index (χ1n) is 5.01. The summed E-state index contributed by atoms with van der Waals surface area (Å²) in [5, 5.41) is 1.34. The van der Waals surface area contributed by atoms with Crippen LogP contribution < -0.4 is 0 Å². The fourth-order valence-corrected chi connectivity index (χ4v) is 2.80. The van der Waals surface area contributed by atoms with Gasteiger partial charge in [0.2, 0.25) is 0 Å². The van der Waals surface area contributed by atoms with E-state index in [4.69, 9.17) is 58.0 Å². The van der Waals surface area contributed by atoms with Gasteiger partial charge >= 0.3 is 0 Å². The molecule has 0 aliphatic carbocycles. The lowest BCUT2D eigenvalue weighted by atomic mass is 10.0. The minimum Gasteiger partial charge on any atom is -0.0909 e. The summed E-state index contributed by atoms with van der Waals surface area (Å²) in [6.45, 7) is 0. The molecule has 0 saturated heterocycles. The van der Waals surface area contributed by atoms with Crippen LogP contribution in [-0.2, 0) is 4.33 Å². The van der Waals surface area contributed by atoms with Crippen LogP contribution in [0.2, 0.25) is 15.1 Å². The Hall–Kier alpha value is -0.110. The lowest BCUT2D eigenvalue weighted by Gasteiger charge is -2.22. The molecule has 0 radical (unpaired) electrons. The zero-order valence-electron chi connectivity index (χ0n) is 8.93. The van der Waals surface area contributed by atoms with Gasteiger partial charge in [-0.1, -0.05) is 82.3 Å². The lowest BCUT2D eigenvalue weighted by Crippen LogP contribution is -2.12. The Labute approximate surface area is 130 Å². The molecule has 0 spiro atoms. The Morgan fingerprint density at radius 2 is 1.39 bits per heavy atom. The van der Waals surface area contributed by atoms with E-state index in [2.05, 4.69) is 0 Å². The molecular formula is C13H7Cl5. The fraction of sp³-hybridized carbons (Fsp3) is 0.0769. The van der Waals surface area contributed by atoms with Gasteiger partial charge in [-0.05, 0) is 23.8 Å². The average Bonchev–Trinajstić information content (AvgIpc) is 2.33. The van der Waals surface area contributed by atoms with Crippen LogP contribution in [0.25, 0.3) is 0 Å². The van der Waals surface area contributed by atoms with E-state index in [1.807, 2.05) is 12.1 Å². The normalized spacial score (nSPS) is 11.6. The molecule has 0 bridgehead atoms. The van der Waals surface area contributed by atoms with E-state index in [0.717, 1.165) is 0 Å². The molecule has 2 aromatic rings. The van der Waals surface area contributed by atoms with Gasteiger partial charge < -0.3 is 0 Å². The van der Waals surface area contributed by atoms with Crippen LogP contribution in [0.4, 0.5) is 0 Å². The zero-order valence-corrected chi connectivity index (χ0v) is 12.7. The molecule has 0 aliphatic rings. The van der Waals surface area contributed by atoms with Gasteiger partial charge in [-0.25, -0.2) is 0 Å². The highest BCUT2D eigenvalue weighted by Crippen LogP contribution is 2.44. The lowest BCUT2D eigenvalue weighted by molar-refractivity contribution is 1.04. The van der Waals surface area contributed by atoms with Crippen LogP contribution in [0.5, 0.6) is 0 Å². The molecule has 2 aromatic carbocycles. The third-order valence-corrected chi connectivity index (χ3v) is 4.41. The van der Waals surface area contributed by atoms with E-state index in [1.165, 1.54) is 0 Å². The molecule has 0 nitrogen and oxygen atoms in total. The molecule has 0 saturated carbocycles. The van der Waals surface area contributed by atoms with Crippen LogP contribution in [0.3, 0.4) is 0 Å². The van der Waals surface area contributed by atoms with Crippen LogP contribution in [-0.4, -0.2) is 0 Å². The van der Waals surface area contributed by atoms with Crippen molar-refractivity contribution in [3.8, 4) is 0 Å². The first kappa shape index (κ1) is 14.3. The minimum atomic E-state index is -1.27. The van der Waals surface area contributed by atoms with Crippen molar-refractivity contribution in [2.24, 2.45) is 0 Å². The van der Waals surface area contributed by atoms with E-state index >= 15 is 0 Å². The largest absolute Gasteiger partial charge is 0.169 e. The summed E-state index contributed by atoms with van der Waals surface area (Å²) in [7, 11) is 0. The van der Waals surface area contributed by atoms with Gasteiger partial charge in [0.15, 0.2) is 4.33 Å². The predicted octanol–water partition coefficient (Wildman–Crippen LogP) is 6.33. The molecule has 94 valence electrons. The maximum atomic E-state index is 6.40.